The van der Waals surface area contributed by atoms with Crippen molar-refractivity contribution in [3.8, 4) is 0 Å². The van der Waals surface area contributed by atoms with Crippen LogP contribution in [0.1, 0.15) is 6.92 Å². The van der Waals surface area contributed by atoms with Gasteiger partial charge in [0.25, 0.3) is 5.91 Å². The summed E-state index contributed by atoms with van der Waals surface area (Å²) in [5.41, 5.74) is -0.120. The highest BCUT2D eigenvalue weighted by Gasteiger charge is 2.15. The third-order valence-electron chi connectivity index (χ3n) is 2.22. The number of aliphatic hydroxyl groups is 2. The maximum Gasteiger partial charge on any atom is 0.328 e. The van der Waals surface area contributed by atoms with E-state index in [9.17, 15) is 19.5 Å². The summed E-state index contributed by atoms with van der Waals surface area (Å²) in [5, 5.41) is 31.0. The Hall–Kier alpha value is -2.23. The van der Waals surface area contributed by atoms with E-state index >= 15 is 0 Å². The number of nitrogens with one attached hydrogen (secondary N) is 2. The Balaban J connectivity index is 4.54. The minimum Gasteiger partial charge on any atom is -0.478 e. The number of carboxylic acid groups (broad SMARTS) is 1. The summed E-state index contributed by atoms with van der Waals surface area (Å²) in [5.74, 6) is -1.96. The van der Waals surface area contributed by atoms with Gasteiger partial charge in [0.1, 0.15) is 12.8 Å². The number of rotatable bonds is 10. The van der Waals surface area contributed by atoms with Gasteiger partial charge in [-0.05, 0) is 13.0 Å². The summed E-state index contributed by atoms with van der Waals surface area (Å²) in [6, 6.07) is 0. The van der Waals surface area contributed by atoms with Crippen LogP contribution in [0.4, 0.5) is 0 Å². The Bertz CT molecular complexity index is 418. The lowest BCUT2D eigenvalue weighted by atomic mass is 10.2. The Morgan fingerprint density at radius 2 is 2.00 bits per heavy atom. The summed E-state index contributed by atoms with van der Waals surface area (Å²) in [7, 11) is 0. The summed E-state index contributed by atoms with van der Waals surface area (Å²) in [6.45, 7) is 0.674. The van der Waals surface area contributed by atoms with Crippen LogP contribution in [0, 0.1) is 0 Å². The number of amides is 2. The second-order valence-corrected chi connectivity index (χ2v) is 3.83. The van der Waals surface area contributed by atoms with E-state index in [1.807, 2.05) is 0 Å². The summed E-state index contributed by atoms with van der Waals surface area (Å²) >= 11 is 0. The van der Waals surface area contributed by atoms with E-state index in [4.69, 9.17) is 14.9 Å². The number of carbonyl (C=O) groups excluding carboxylic acids is 2. The molecular formula is C12H18N2O7. The molecule has 0 bridgehead atoms. The highest BCUT2D eigenvalue weighted by Crippen LogP contribution is 1.99. The Kier molecular flexibility index (Phi) is 9.43. The van der Waals surface area contributed by atoms with E-state index in [1.165, 1.54) is 6.92 Å². The van der Waals surface area contributed by atoms with Crippen LogP contribution in [-0.2, 0) is 19.1 Å². The predicted molar refractivity (Wildman–Crippen MR) is 70.7 cm³/mol. The van der Waals surface area contributed by atoms with Gasteiger partial charge in [-0.3, -0.25) is 9.59 Å². The van der Waals surface area contributed by atoms with E-state index in [1.54, 1.807) is 0 Å². The Morgan fingerprint density at radius 3 is 2.48 bits per heavy atom. The first-order chi connectivity index (χ1) is 9.92. The highest BCUT2D eigenvalue weighted by atomic mass is 16.5. The van der Waals surface area contributed by atoms with Crippen molar-refractivity contribution in [3.05, 3.63) is 23.9 Å². The van der Waals surface area contributed by atoms with Crippen LogP contribution in [-0.4, -0.2) is 59.2 Å². The van der Waals surface area contributed by atoms with Gasteiger partial charge in [0, 0.05) is 12.3 Å². The lowest BCUT2D eigenvalue weighted by Crippen LogP contribution is -2.36. The molecule has 0 aromatic heterocycles. The van der Waals surface area contributed by atoms with Crippen LogP contribution in [0.2, 0.25) is 0 Å². The third kappa shape index (κ3) is 8.52. The average Bonchev–Trinajstić information content (AvgIpc) is 2.42. The maximum atomic E-state index is 11.7. The Morgan fingerprint density at radius 1 is 1.33 bits per heavy atom. The first kappa shape index (κ1) is 18.8. The molecule has 0 aromatic carbocycles. The summed E-state index contributed by atoms with van der Waals surface area (Å²) in [6.07, 6.45) is 1.26. The summed E-state index contributed by atoms with van der Waals surface area (Å²) in [4.78, 5) is 32.3. The monoisotopic (exact) mass is 302 g/mol. The standard InChI is InChI=1S/C12H18N2O7/c1-8(17)10(5-15)21-7-14-12(20)9(4-13-6-16)2-3-11(18)19/h2-4,6,8,10,15,17H,5,7H2,1H3,(H,13,16)(H,14,20)(H,18,19)/b3-2+,9-4-. The van der Waals surface area contributed by atoms with Gasteiger partial charge in [-0.1, -0.05) is 0 Å². The van der Waals surface area contributed by atoms with Crippen LogP contribution in [0.15, 0.2) is 23.9 Å². The number of carboxylic acids is 1. The van der Waals surface area contributed by atoms with Crippen LogP contribution in [0.5, 0.6) is 0 Å². The predicted octanol–water partition coefficient (Wildman–Crippen LogP) is -1.91. The number of hydrogen-bond acceptors (Lipinski definition) is 6. The van der Waals surface area contributed by atoms with Crippen molar-refractivity contribution in [3.63, 3.8) is 0 Å². The maximum absolute atomic E-state index is 11.7. The molecule has 118 valence electrons. The highest BCUT2D eigenvalue weighted by molar-refractivity contribution is 5.97. The second-order valence-electron chi connectivity index (χ2n) is 3.83. The number of aliphatic hydroxyl groups excluding tert-OH is 2. The molecule has 2 unspecified atom stereocenters. The first-order valence-electron chi connectivity index (χ1n) is 5.92. The molecule has 2 amide bonds. The molecule has 2 atom stereocenters. The van der Waals surface area contributed by atoms with Crippen molar-refractivity contribution in [1.82, 2.24) is 10.6 Å². The molecular weight excluding hydrogens is 284 g/mol. The van der Waals surface area contributed by atoms with Crippen LogP contribution < -0.4 is 10.6 Å². The SMILES string of the molecule is CC(O)C(CO)OCNC(=O)C(=C\NC=O)/C=C/C(=O)O. The molecule has 0 saturated carbocycles. The van der Waals surface area contributed by atoms with E-state index < -0.39 is 30.7 Å². The zero-order valence-electron chi connectivity index (χ0n) is 11.4. The molecule has 9 heteroatoms. The molecule has 0 aliphatic carbocycles. The number of aliphatic carboxylic acids is 1. The van der Waals surface area contributed by atoms with E-state index in [-0.39, 0.29) is 12.3 Å². The molecule has 0 radical (unpaired) electrons. The molecule has 0 heterocycles. The topological polar surface area (TPSA) is 145 Å². The minimum atomic E-state index is -1.26. The Labute approximate surface area is 120 Å². The van der Waals surface area contributed by atoms with Gasteiger partial charge in [-0.25, -0.2) is 4.79 Å². The number of hydrogen-bond donors (Lipinski definition) is 5. The van der Waals surface area contributed by atoms with Gasteiger partial charge in [0.2, 0.25) is 6.41 Å². The van der Waals surface area contributed by atoms with Crippen molar-refractivity contribution >= 4 is 18.3 Å². The zero-order chi connectivity index (χ0) is 16.3. The molecule has 0 aliphatic rings. The van der Waals surface area contributed by atoms with Crippen LogP contribution >= 0.6 is 0 Å². The largest absolute Gasteiger partial charge is 0.478 e. The molecule has 0 aromatic rings. The van der Waals surface area contributed by atoms with Gasteiger partial charge in [0.05, 0.1) is 18.3 Å². The fourth-order valence-corrected chi connectivity index (χ4v) is 1.14. The van der Waals surface area contributed by atoms with Gasteiger partial charge < -0.3 is 30.7 Å². The fraction of sp³-hybridized carbons (Fsp3) is 0.417. The van der Waals surface area contributed by atoms with E-state index in [0.29, 0.717) is 6.41 Å². The van der Waals surface area contributed by atoms with Crippen LogP contribution in [0.25, 0.3) is 0 Å². The molecule has 5 N–H and O–H groups in total. The van der Waals surface area contributed by atoms with Crippen molar-refractivity contribution in [2.45, 2.75) is 19.1 Å². The van der Waals surface area contributed by atoms with Crippen molar-refractivity contribution in [1.29, 1.82) is 0 Å². The quantitative estimate of drug-likeness (QED) is 0.137. The molecule has 0 fully saturated rings. The zero-order valence-corrected chi connectivity index (χ0v) is 11.4. The normalized spacial score (nSPS) is 14.5. The number of carbonyl (C=O) groups is 3. The average molecular weight is 302 g/mol. The molecule has 0 aliphatic heterocycles. The van der Waals surface area contributed by atoms with Crippen molar-refractivity contribution < 1.29 is 34.4 Å². The molecule has 9 nitrogen and oxygen atoms in total. The van der Waals surface area contributed by atoms with Gasteiger partial charge >= 0.3 is 5.97 Å². The number of ether oxygens (including phenoxy) is 1. The molecule has 0 spiro atoms. The van der Waals surface area contributed by atoms with Crippen molar-refractivity contribution in [2.24, 2.45) is 0 Å². The second kappa shape index (κ2) is 10.5. The molecule has 0 rings (SSSR count). The van der Waals surface area contributed by atoms with Gasteiger partial charge in [0.15, 0.2) is 0 Å². The fourth-order valence-electron chi connectivity index (χ4n) is 1.14. The minimum absolute atomic E-state index is 0.120. The smallest absolute Gasteiger partial charge is 0.328 e. The van der Waals surface area contributed by atoms with Gasteiger partial charge in [-0.2, -0.15) is 0 Å². The lowest BCUT2D eigenvalue weighted by molar-refractivity contribution is -0.131. The molecule has 21 heavy (non-hydrogen) atoms. The van der Waals surface area contributed by atoms with Crippen molar-refractivity contribution in [2.75, 3.05) is 13.3 Å². The molecule has 0 saturated heterocycles. The van der Waals surface area contributed by atoms with Gasteiger partial charge in [-0.15, -0.1) is 0 Å². The lowest BCUT2D eigenvalue weighted by Gasteiger charge is -2.18. The van der Waals surface area contributed by atoms with Crippen LogP contribution in [0.3, 0.4) is 0 Å². The van der Waals surface area contributed by atoms with E-state index in [0.717, 1.165) is 18.4 Å². The first-order valence-corrected chi connectivity index (χ1v) is 5.92. The summed E-state index contributed by atoms with van der Waals surface area (Å²) < 4.78 is 5.01. The third-order valence-corrected chi connectivity index (χ3v) is 2.22. The van der Waals surface area contributed by atoms with E-state index in [2.05, 4.69) is 10.6 Å².